The first-order valence-corrected chi connectivity index (χ1v) is 11.0. The number of aromatic amines is 1. The van der Waals surface area contributed by atoms with Crippen LogP contribution in [0.4, 0.5) is 11.4 Å². The molecule has 5 nitrogen and oxygen atoms in total. The number of benzene rings is 3. The fourth-order valence-corrected chi connectivity index (χ4v) is 4.35. The SMILES string of the molecule is O=C1c2c(NCCCCCCNc3ccccc3)cccc2-c2n[nH]c3cccc1c23. The molecule has 0 bridgehead atoms. The first-order chi connectivity index (χ1) is 15.3. The molecule has 0 unspecified atom stereocenters. The molecule has 0 saturated heterocycles. The van der Waals surface area contributed by atoms with Crippen LogP contribution in [0.15, 0.2) is 66.7 Å². The molecule has 156 valence electrons. The highest BCUT2D eigenvalue weighted by molar-refractivity contribution is 6.27. The zero-order chi connectivity index (χ0) is 21.0. The van der Waals surface area contributed by atoms with Gasteiger partial charge < -0.3 is 10.6 Å². The third-order valence-corrected chi connectivity index (χ3v) is 5.90. The molecule has 1 aromatic heterocycles. The second kappa shape index (κ2) is 8.64. The summed E-state index contributed by atoms with van der Waals surface area (Å²) in [6, 6.07) is 22.1. The number of ketones is 1. The second-order valence-electron chi connectivity index (χ2n) is 7.99. The normalized spacial score (nSPS) is 12.1. The number of nitrogens with one attached hydrogen (secondary N) is 3. The highest BCUT2D eigenvalue weighted by Gasteiger charge is 2.29. The number of fused-ring (bicyclic) bond motifs is 2. The number of H-pyrrole nitrogens is 1. The van der Waals surface area contributed by atoms with Gasteiger partial charge in [0.15, 0.2) is 5.78 Å². The van der Waals surface area contributed by atoms with Gasteiger partial charge in [-0.3, -0.25) is 9.89 Å². The van der Waals surface area contributed by atoms with Crippen molar-refractivity contribution in [1.82, 2.24) is 10.2 Å². The summed E-state index contributed by atoms with van der Waals surface area (Å²) in [5, 5.41) is 15.4. The van der Waals surface area contributed by atoms with E-state index in [1.165, 1.54) is 12.1 Å². The summed E-state index contributed by atoms with van der Waals surface area (Å²) in [6.07, 6.45) is 4.58. The summed E-state index contributed by atoms with van der Waals surface area (Å²) in [4.78, 5) is 13.2. The molecule has 4 aromatic rings. The summed E-state index contributed by atoms with van der Waals surface area (Å²) in [7, 11) is 0. The predicted molar refractivity (Wildman–Crippen MR) is 127 cm³/mol. The molecule has 0 amide bonds. The lowest BCUT2D eigenvalue weighted by atomic mass is 9.86. The molecule has 5 rings (SSSR count). The van der Waals surface area contributed by atoms with Gasteiger partial charge in [-0.05, 0) is 37.1 Å². The average molecular weight is 411 g/mol. The number of rotatable bonds is 9. The van der Waals surface area contributed by atoms with Crippen LogP contribution in [-0.4, -0.2) is 29.1 Å². The van der Waals surface area contributed by atoms with Crippen molar-refractivity contribution in [3.63, 3.8) is 0 Å². The van der Waals surface area contributed by atoms with Crippen molar-refractivity contribution in [3.05, 3.63) is 77.9 Å². The Morgan fingerprint density at radius 2 is 1.48 bits per heavy atom. The highest BCUT2D eigenvalue weighted by Crippen LogP contribution is 2.40. The van der Waals surface area contributed by atoms with E-state index in [2.05, 4.69) is 33.0 Å². The van der Waals surface area contributed by atoms with E-state index in [-0.39, 0.29) is 5.78 Å². The van der Waals surface area contributed by atoms with Gasteiger partial charge in [-0.15, -0.1) is 0 Å². The van der Waals surface area contributed by atoms with Crippen molar-refractivity contribution < 1.29 is 4.79 Å². The van der Waals surface area contributed by atoms with Crippen LogP contribution in [0.3, 0.4) is 0 Å². The average Bonchev–Trinajstić information content (AvgIpc) is 3.25. The van der Waals surface area contributed by atoms with Gasteiger partial charge in [0, 0.05) is 41.0 Å². The number of carbonyl (C=O) groups excluding carboxylic acids is 1. The number of nitrogens with zero attached hydrogens (tertiary/aromatic N) is 1. The zero-order valence-corrected chi connectivity index (χ0v) is 17.4. The number of para-hydroxylation sites is 1. The van der Waals surface area contributed by atoms with Crippen LogP contribution in [0.1, 0.15) is 41.6 Å². The van der Waals surface area contributed by atoms with Gasteiger partial charge in [0.1, 0.15) is 5.69 Å². The van der Waals surface area contributed by atoms with E-state index in [1.807, 2.05) is 54.6 Å². The van der Waals surface area contributed by atoms with Gasteiger partial charge in [-0.25, -0.2) is 0 Å². The molecule has 0 fully saturated rings. The minimum absolute atomic E-state index is 0.0737. The zero-order valence-electron chi connectivity index (χ0n) is 17.4. The molecule has 0 radical (unpaired) electrons. The molecule has 0 aliphatic heterocycles. The lowest BCUT2D eigenvalue weighted by Crippen LogP contribution is -2.14. The lowest BCUT2D eigenvalue weighted by molar-refractivity contribution is 0.104. The Hall–Kier alpha value is -3.60. The van der Waals surface area contributed by atoms with Crippen LogP contribution in [0.5, 0.6) is 0 Å². The van der Waals surface area contributed by atoms with Crippen molar-refractivity contribution in [2.75, 3.05) is 23.7 Å². The molecule has 3 N–H and O–H groups in total. The molecular weight excluding hydrogens is 384 g/mol. The molecule has 0 spiro atoms. The third kappa shape index (κ3) is 3.79. The highest BCUT2D eigenvalue weighted by atomic mass is 16.1. The summed E-state index contributed by atoms with van der Waals surface area (Å²) >= 11 is 0. The molecule has 1 aliphatic carbocycles. The minimum Gasteiger partial charge on any atom is -0.385 e. The van der Waals surface area contributed by atoms with Gasteiger partial charge in [0.25, 0.3) is 0 Å². The van der Waals surface area contributed by atoms with Gasteiger partial charge >= 0.3 is 0 Å². The van der Waals surface area contributed by atoms with Gasteiger partial charge in [-0.1, -0.05) is 55.3 Å². The van der Waals surface area contributed by atoms with Crippen molar-refractivity contribution in [1.29, 1.82) is 0 Å². The van der Waals surface area contributed by atoms with Crippen LogP contribution < -0.4 is 10.6 Å². The van der Waals surface area contributed by atoms with Crippen molar-refractivity contribution in [2.45, 2.75) is 25.7 Å². The molecule has 31 heavy (non-hydrogen) atoms. The Balaban J connectivity index is 1.17. The van der Waals surface area contributed by atoms with E-state index in [9.17, 15) is 4.79 Å². The Morgan fingerprint density at radius 3 is 2.32 bits per heavy atom. The smallest absolute Gasteiger partial charge is 0.196 e. The number of unbranched alkanes of at least 4 members (excludes halogenated alkanes) is 3. The Labute approximate surface area is 181 Å². The first kappa shape index (κ1) is 19.4. The maximum atomic E-state index is 13.2. The van der Waals surface area contributed by atoms with Gasteiger partial charge in [0.05, 0.1) is 11.1 Å². The van der Waals surface area contributed by atoms with E-state index in [0.29, 0.717) is 0 Å². The predicted octanol–water partition coefficient (Wildman–Crippen LogP) is 5.86. The largest absolute Gasteiger partial charge is 0.385 e. The molecule has 5 heteroatoms. The minimum atomic E-state index is 0.0737. The Bertz CT molecular complexity index is 1210. The maximum Gasteiger partial charge on any atom is 0.196 e. The Kier molecular flexibility index (Phi) is 5.40. The standard InChI is InChI=1S/C26H26N4O/c31-26-20-13-9-15-22-23(20)25(30-29-22)19-12-8-14-21(24(19)26)28-17-7-2-1-6-16-27-18-10-4-3-5-11-18/h3-5,8-15,27-28H,1-2,6-7,16-17H2,(H,29,30). The van der Waals surface area contributed by atoms with Crippen molar-refractivity contribution in [2.24, 2.45) is 0 Å². The molecule has 3 aromatic carbocycles. The van der Waals surface area contributed by atoms with E-state index < -0.39 is 0 Å². The molecule has 1 aliphatic rings. The number of aromatic nitrogens is 2. The maximum absolute atomic E-state index is 13.2. The number of hydrogen-bond donors (Lipinski definition) is 3. The quantitative estimate of drug-likeness (QED) is 0.266. The number of hydrogen-bond acceptors (Lipinski definition) is 4. The van der Waals surface area contributed by atoms with Crippen LogP contribution in [0.25, 0.3) is 22.2 Å². The van der Waals surface area contributed by atoms with Crippen LogP contribution in [-0.2, 0) is 0 Å². The number of anilines is 2. The van der Waals surface area contributed by atoms with Crippen LogP contribution in [0, 0.1) is 0 Å². The summed E-state index contributed by atoms with van der Waals surface area (Å²) in [5.41, 5.74) is 6.24. The van der Waals surface area contributed by atoms with E-state index in [4.69, 9.17) is 0 Å². The van der Waals surface area contributed by atoms with E-state index in [0.717, 1.165) is 71.3 Å². The summed E-state index contributed by atoms with van der Waals surface area (Å²) in [5.74, 6) is 0.0737. The lowest BCUT2D eigenvalue weighted by Gasteiger charge is -2.19. The fraction of sp³-hybridized carbons (Fsp3) is 0.231. The summed E-state index contributed by atoms with van der Waals surface area (Å²) < 4.78 is 0. The van der Waals surface area contributed by atoms with Gasteiger partial charge in [0.2, 0.25) is 0 Å². The topological polar surface area (TPSA) is 69.8 Å². The van der Waals surface area contributed by atoms with Crippen LogP contribution in [0.2, 0.25) is 0 Å². The monoisotopic (exact) mass is 410 g/mol. The van der Waals surface area contributed by atoms with Crippen molar-refractivity contribution in [3.8, 4) is 11.3 Å². The molecule has 1 heterocycles. The third-order valence-electron chi connectivity index (χ3n) is 5.90. The van der Waals surface area contributed by atoms with Gasteiger partial charge in [-0.2, -0.15) is 5.10 Å². The molecule has 0 atom stereocenters. The molecule has 0 saturated carbocycles. The summed E-state index contributed by atoms with van der Waals surface area (Å²) in [6.45, 7) is 1.85. The van der Waals surface area contributed by atoms with E-state index >= 15 is 0 Å². The van der Waals surface area contributed by atoms with Crippen molar-refractivity contribution >= 4 is 28.1 Å². The van der Waals surface area contributed by atoms with Crippen LogP contribution >= 0.6 is 0 Å². The van der Waals surface area contributed by atoms with E-state index in [1.54, 1.807) is 0 Å². The Morgan fingerprint density at radius 1 is 0.742 bits per heavy atom. The number of carbonyl (C=O) groups is 1. The second-order valence-corrected chi connectivity index (χ2v) is 7.99. The fourth-order valence-electron chi connectivity index (χ4n) is 4.35. The molecular formula is C26H26N4O. The first-order valence-electron chi connectivity index (χ1n) is 11.0.